The number of amides is 1. The van der Waals surface area contributed by atoms with Gasteiger partial charge in [0.25, 0.3) is 5.91 Å². The van der Waals surface area contributed by atoms with Crippen LogP contribution in [0.5, 0.6) is 0 Å². The van der Waals surface area contributed by atoms with Gasteiger partial charge in [-0.3, -0.25) is 4.79 Å². The molecule has 1 N–H and O–H groups in total. The summed E-state index contributed by atoms with van der Waals surface area (Å²) >= 11 is 1.41. The van der Waals surface area contributed by atoms with E-state index in [2.05, 4.69) is 5.32 Å². The average molecular weight is 379 g/mol. The lowest BCUT2D eigenvalue weighted by Gasteiger charge is -2.14. The number of rotatable bonds is 6. The van der Waals surface area contributed by atoms with Gasteiger partial charge in [-0.1, -0.05) is 5.57 Å². The van der Waals surface area contributed by atoms with Crippen LogP contribution < -0.4 is 5.32 Å². The molecule has 6 nitrogen and oxygen atoms in total. The van der Waals surface area contributed by atoms with Crippen molar-refractivity contribution in [2.75, 3.05) is 11.9 Å². The predicted octanol–water partition coefficient (Wildman–Crippen LogP) is 3.64. The largest absolute Gasteiger partial charge is 0.459 e. The third kappa shape index (κ3) is 5.42. The fraction of sp³-hybridized carbons (Fsp3) is 0.526. The number of fused-ring (bicyclic) bond motifs is 1. The van der Waals surface area contributed by atoms with Crippen molar-refractivity contribution in [3.8, 4) is 0 Å². The minimum Gasteiger partial charge on any atom is -0.459 e. The molecule has 0 spiro atoms. The lowest BCUT2D eigenvalue weighted by Crippen LogP contribution is -2.22. The van der Waals surface area contributed by atoms with Gasteiger partial charge in [0.15, 0.2) is 6.61 Å². The molecule has 1 amide bonds. The van der Waals surface area contributed by atoms with Gasteiger partial charge in [-0.15, -0.1) is 11.3 Å². The number of hydrogen-bond donors (Lipinski definition) is 1. The Morgan fingerprint density at radius 1 is 1.19 bits per heavy atom. The van der Waals surface area contributed by atoms with E-state index in [1.54, 1.807) is 27.7 Å². The number of allylic oxidation sites excluding steroid dienone is 1. The summed E-state index contributed by atoms with van der Waals surface area (Å²) in [5, 5.41) is 3.19. The van der Waals surface area contributed by atoms with Crippen LogP contribution in [0.15, 0.2) is 11.6 Å². The number of hydrogen-bond acceptors (Lipinski definition) is 6. The van der Waals surface area contributed by atoms with Crippen LogP contribution >= 0.6 is 11.3 Å². The van der Waals surface area contributed by atoms with Gasteiger partial charge in [0.05, 0.1) is 11.7 Å². The molecule has 142 valence electrons. The Hall–Kier alpha value is -2.15. The van der Waals surface area contributed by atoms with Crippen LogP contribution in [-0.4, -0.2) is 30.6 Å². The van der Waals surface area contributed by atoms with E-state index in [0.717, 1.165) is 41.7 Å². The van der Waals surface area contributed by atoms with E-state index in [0.29, 0.717) is 10.6 Å². The van der Waals surface area contributed by atoms with E-state index in [-0.39, 0.29) is 6.10 Å². The molecule has 0 radical (unpaired) electrons. The molecule has 1 aliphatic rings. The van der Waals surface area contributed by atoms with Crippen molar-refractivity contribution in [2.45, 2.75) is 59.5 Å². The highest BCUT2D eigenvalue weighted by Crippen LogP contribution is 2.38. The topological polar surface area (TPSA) is 81.7 Å². The van der Waals surface area contributed by atoms with Crippen LogP contribution in [-0.2, 0) is 31.9 Å². The Morgan fingerprint density at radius 3 is 2.54 bits per heavy atom. The molecule has 0 fully saturated rings. The van der Waals surface area contributed by atoms with Crippen LogP contribution in [0.1, 0.15) is 61.3 Å². The van der Waals surface area contributed by atoms with Crippen LogP contribution in [0.2, 0.25) is 0 Å². The minimum atomic E-state index is -0.565. The number of carbonyl (C=O) groups is 3. The maximum atomic E-state index is 12.5. The van der Waals surface area contributed by atoms with Gasteiger partial charge in [-0.25, -0.2) is 9.59 Å². The summed E-state index contributed by atoms with van der Waals surface area (Å²) in [5.41, 5.74) is 2.21. The number of esters is 2. The number of ether oxygens (including phenoxy) is 2. The smallest absolute Gasteiger partial charge is 0.341 e. The van der Waals surface area contributed by atoms with E-state index in [4.69, 9.17) is 9.47 Å². The zero-order valence-electron chi connectivity index (χ0n) is 15.6. The Labute approximate surface area is 157 Å². The van der Waals surface area contributed by atoms with Gasteiger partial charge in [-0.2, -0.15) is 0 Å². The van der Waals surface area contributed by atoms with Crippen molar-refractivity contribution in [2.24, 2.45) is 0 Å². The van der Waals surface area contributed by atoms with E-state index in [1.165, 1.54) is 17.4 Å². The Kier molecular flexibility index (Phi) is 6.97. The molecule has 0 unspecified atom stereocenters. The Balaban J connectivity index is 2.14. The molecule has 1 aliphatic carbocycles. The number of aryl methyl sites for hydroxylation is 1. The summed E-state index contributed by atoms with van der Waals surface area (Å²) in [4.78, 5) is 37.3. The first-order valence-corrected chi connectivity index (χ1v) is 9.56. The summed E-state index contributed by atoms with van der Waals surface area (Å²) in [5.74, 6) is -1.46. The van der Waals surface area contributed by atoms with Crippen LogP contribution in [0, 0.1) is 0 Å². The standard InChI is InChI=1S/C19H25NO5S/c1-11(2)9-16(22)24-10-15(21)20-18-17(19(23)25-12(3)4)13-7-5-6-8-14(13)26-18/h9,12H,5-8,10H2,1-4H3,(H,20,21). The molecule has 0 aliphatic heterocycles. The Bertz CT molecular complexity index is 729. The first kappa shape index (κ1) is 20.2. The average Bonchev–Trinajstić information content (AvgIpc) is 2.89. The third-order valence-corrected chi connectivity index (χ3v) is 4.93. The molecule has 0 saturated heterocycles. The second kappa shape index (κ2) is 8.98. The molecule has 7 heteroatoms. The van der Waals surface area contributed by atoms with Crippen LogP contribution in [0.4, 0.5) is 5.00 Å². The molecule has 0 atom stereocenters. The van der Waals surface area contributed by atoms with Gasteiger partial charge >= 0.3 is 11.9 Å². The molecule has 0 saturated carbocycles. The normalized spacial score (nSPS) is 13.0. The number of nitrogens with one attached hydrogen (secondary N) is 1. The Morgan fingerprint density at radius 2 is 1.88 bits per heavy atom. The second-order valence-electron chi connectivity index (χ2n) is 6.75. The number of thiophene rings is 1. The first-order chi connectivity index (χ1) is 12.3. The van der Waals surface area contributed by atoms with E-state index >= 15 is 0 Å². The fourth-order valence-corrected chi connectivity index (χ4v) is 4.01. The van der Waals surface area contributed by atoms with Gasteiger partial charge in [0, 0.05) is 11.0 Å². The zero-order chi connectivity index (χ0) is 19.3. The van der Waals surface area contributed by atoms with E-state index < -0.39 is 24.5 Å². The van der Waals surface area contributed by atoms with Crippen molar-refractivity contribution in [1.82, 2.24) is 0 Å². The SMILES string of the molecule is CC(C)=CC(=O)OCC(=O)Nc1sc2c(c1C(=O)OC(C)C)CCCC2. The number of carbonyl (C=O) groups excluding carboxylic acids is 3. The fourth-order valence-electron chi connectivity index (χ4n) is 2.72. The molecule has 2 rings (SSSR count). The van der Waals surface area contributed by atoms with Gasteiger partial charge in [0.2, 0.25) is 0 Å². The zero-order valence-corrected chi connectivity index (χ0v) is 16.5. The number of anilines is 1. The van der Waals surface area contributed by atoms with Crippen molar-refractivity contribution in [1.29, 1.82) is 0 Å². The molecule has 1 aromatic heterocycles. The summed E-state index contributed by atoms with van der Waals surface area (Å²) in [6.45, 7) is 6.72. The second-order valence-corrected chi connectivity index (χ2v) is 7.85. The molecular weight excluding hydrogens is 354 g/mol. The third-order valence-electron chi connectivity index (χ3n) is 3.72. The maximum Gasteiger partial charge on any atom is 0.341 e. The van der Waals surface area contributed by atoms with Gasteiger partial charge < -0.3 is 14.8 Å². The lowest BCUT2D eigenvalue weighted by atomic mass is 9.95. The minimum absolute atomic E-state index is 0.241. The van der Waals surface area contributed by atoms with Crippen molar-refractivity contribution in [3.05, 3.63) is 27.7 Å². The molecule has 0 aromatic carbocycles. The highest BCUT2D eigenvalue weighted by molar-refractivity contribution is 7.17. The van der Waals surface area contributed by atoms with Crippen LogP contribution in [0.3, 0.4) is 0 Å². The van der Waals surface area contributed by atoms with Gasteiger partial charge in [0.1, 0.15) is 5.00 Å². The molecule has 0 bridgehead atoms. The lowest BCUT2D eigenvalue weighted by molar-refractivity contribution is -0.142. The van der Waals surface area contributed by atoms with Crippen molar-refractivity contribution >= 4 is 34.2 Å². The summed E-state index contributed by atoms with van der Waals surface area (Å²) < 4.78 is 10.3. The monoisotopic (exact) mass is 379 g/mol. The van der Waals surface area contributed by atoms with Crippen molar-refractivity contribution in [3.63, 3.8) is 0 Å². The maximum absolute atomic E-state index is 12.5. The van der Waals surface area contributed by atoms with Gasteiger partial charge in [-0.05, 0) is 58.9 Å². The molecule has 26 heavy (non-hydrogen) atoms. The van der Waals surface area contributed by atoms with E-state index in [1.807, 2.05) is 0 Å². The first-order valence-electron chi connectivity index (χ1n) is 8.75. The summed E-state index contributed by atoms with van der Waals surface area (Å²) in [7, 11) is 0. The van der Waals surface area contributed by atoms with Crippen LogP contribution in [0.25, 0.3) is 0 Å². The molecular formula is C19H25NO5S. The predicted molar refractivity (Wildman–Crippen MR) is 101 cm³/mol. The summed E-state index contributed by atoms with van der Waals surface area (Å²) in [6, 6.07) is 0. The molecule has 1 heterocycles. The summed E-state index contributed by atoms with van der Waals surface area (Å²) in [6.07, 6.45) is 4.87. The van der Waals surface area contributed by atoms with Crippen molar-refractivity contribution < 1.29 is 23.9 Å². The highest BCUT2D eigenvalue weighted by atomic mass is 32.1. The quantitative estimate of drug-likeness (QED) is 0.603. The van der Waals surface area contributed by atoms with E-state index in [9.17, 15) is 14.4 Å². The molecule has 1 aromatic rings. The highest BCUT2D eigenvalue weighted by Gasteiger charge is 2.28.